The molecule has 0 aliphatic heterocycles. The van der Waals surface area contributed by atoms with Crippen LogP contribution in [-0.4, -0.2) is 31.1 Å². The Balaban J connectivity index is 2.96. The molecule has 1 rings (SSSR count). The van der Waals surface area contributed by atoms with Gasteiger partial charge in [-0.1, -0.05) is 58.0 Å². The third kappa shape index (κ3) is 3.10. The molecule has 0 aliphatic rings. The second kappa shape index (κ2) is 6.07. The highest BCUT2D eigenvalue weighted by Crippen LogP contribution is 2.09. The van der Waals surface area contributed by atoms with Crippen LogP contribution in [0.4, 0.5) is 0 Å². The second-order valence-electron chi connectivity index (χ2n) is 4.63. The average molecular weight is 219 g/mol. The molecule has 0 radical (unpaired) electrons. The second-order valence-corrected chi connectivity index (χ2v) is 4.63. The van der Waals surface area contributed by atoms with Gasteiger partial charge in [0, 0.05) is 7.11 Å². The predicted molar refractivity (Wildman–Crippen MR) is 71.0 cm³/mol. The van der Waals surface area contributed by atoms with Crippen LogP contribution in [0, 0.1) is 0 Å². The van der Waals surface area contributed by atoms with Crippen molar-refractivity contribution in [2.45, 2.75) is 39.8 Å². The molecule has 1 aromatic rings. The monoisotopic (exact) mass is 219 g/mol. The van der Waals surface area contributed by atoms with Crippen molar-refractivity contribution < 1.29 is 4.65 Å². The molecule has 0 heterocycles. The summed E-state index contributed by atoms with van der Waals surface area (Å²) in [4.78, 5) is 2.37. The SMILES string of the molecule is COB(c1ccccc1)N(C(C)C)C(C)C. The van der Waals surface area contributed by atoms with E-state index in [1.807, 2.05) is 6.07 Å². The standard InChI is InChI=1S/C13H22BNO/c1-11(2)15(12(3)4)14(16-5)13-9-7-6-8-10-13/h6-12H,1-5H3. The van der Waals surface area contributed by atoms with Crippen LogP contribution in [0.15, 0.2) is 30.3 Å². The van der Waals surface area contributed by atoms with Crippen LogP contribution in [0.5, 0.6) is 0 Å². The highest BCUT2D eigenvalue weighted by atomic mass is 16.4. The smallest absolute Gasteiger partial charge is 0.418 e. The fraction of sp³-hybridized carbons (Fsp3) is 0.538. The molecule has 0 saturated heterocycles. The molecule has 0 amide bonds. The van der Waals surface area contributed by atoms with Gasteiger partial charge in [0.1, 0.15) is 0 Å². The lowest BCUT2D eigenvalue weighted by atomic mass is 9.69. The largest absolute Gasteiger partial charge is 0.420 e. The van der Waals surface area contributed by atoms with Gasteiger partial charge in [-0.3, -0.25) is 0 Å². The summed E-state index contributed by atoms with van der Waals surface area (Å²) in [6, 6.07) is 11.3. The summed E-state index contributed by atoms with van der Waals surface area (Å²) in [5.74, 6) is 0. The Morgan fingerprint density at radius 2 is 1.50 bits per heavy atom. The van der Waals surface area contributed by atoms with Crippen molar-refractivity contribution in [2.24, 2.45) is 0 Å². The number of hydrogen-bond donors (Lipinski definition) is 0. The summed E-state index contributed by atoms with van der Waals surface area (Å²) in [6.45, 7) is 8.81. The van der Waals surface area contributed by atoms with Gasteiger partial charge in [-0.15, -0.1) is 0 Å². The maximum absolute atomic E-state index is 5.65. The Labute approximate surface area is 99.7 Å². The minimum Gasteiger partial charge on any atom is -0.420 e. The topological polar surface area (TPSA) is 12.5 Å². The summed E-state index contributed by atoms with van der Waals surface area (Å²) in [7, 11) is 1.82. The van der Waals surface area contributed by atoms with E-state index in [2.05, 4.69) is 56.8 Å². The first-order chi connectivity index (χ1) is 7.57. The van der Waals surface area contributed by atoms with Gasteiger partial charge in [0.15, 0.2) is 0 Å². The van der Waals surface area contributed by atoms with Crippen molar-refractivity contribution in [1.82, 2.24) is 4.81 Å². The Morgan fingerprint density at radius 1 is 1.00 bits per heavy atom. The Hall–Kier alpha value is -0.795. The molecule has 0 aliphatic carbocycles. The number of benzene rings is 1. The van der Waals surface area contributed by atoms with Crippen LogP contribution in [0.25, 0.3) is 0 Å². The predicted octanol–water partition coefficient (Wildman–Crippen LogP) is 2.15. The summed E-state index contributed by atoms with van der Waals surface area (Å²) in [5, 5.41) is 0. The molecule has 0 spiro atoms. The average Bonchev–Trinajstić information content (AvgIpc) is 2.25. The fourth-order valence-electron chi connectivity index (χ4n) is 2.19. The molecule has 3 heteroatoms. The quantitative estimate of drug-likeness (QED) is 0.703. The molecule has 0 N–H and O–H groups in total. The number of hydrogen-bond acceptors (Lipinski definition) is 2. The first-order valence-corrected chi connectivity index (χ1v) is 5.93. The van der Waals surface area contributed by atoms with Gasteiger partial charge < -0.3 is 9.47 Å². The van der Waals surface area contributed by atoms with Crippen LogP contribution in [0.3, 0.4) is 0 Å². The molecule has 0 saturated carbocycles. The fourth-order valence-corrected chi connectivity index (χ4v) is 2.19. The highest BCUT2D eigenvalue weighted by molar-refractivity contribution is 6.64. The Morgan fingerprint density at radius 3 is 1.88 bits per heavy atom. The molecule has 2 nitrogen and oxygen atoms in total. The molecule has 0 aromatic heterocycles. The van der Waals surface area contributed by atoms with Crippen LogP contribution in [0.2, 0.25) is 0 Å². The zero-order valence-corrected chi connectivity index (χ0v) is 11.0. The summed E-state index contributed by atoms with van der Waals surface area (Å²) in [6.07, 6.45) is 0. The van der Waals surface area contributed by atoms with E-state index in [-0.39, 0.29) is 7.05 Å². The van der Waals surface area contributed by atoms with Gasteiger partial charge in [-0.05, 0) is 17.5 Å². The lowest BCUT2D eigenvalue weighted by molar-refractivity contribution is 0.248. The van der Waals surface area contributed by atoms with Crippen molar-refractivity contribution in [3.05, 3.63) is 30.3 Å². The lowest BCUT2D eigenvalue weighted by Crippen LogP contribution is -2.55. The molecule has 16 heavy (non-hydrogen) atoms. The van der Waals surface area contributed by atoms with Gasteiger partial charge in [0.25, 0.3) is 0 Å². The van der Waals surface area contributed by atoms with Crippen molar-refractivity contribution >= 4 is 12.5 Å². The number of rotatable bonds is 5. The van der Waals surface area contributed by atoms with Gasteiger partial charge in [0.2, 0.25) is 0 Å². The lowest BCUT2D eigenvalue weighted by Gasteiger charge is -2.34. The van der Waals surface area contributed by atoms with Crippen molar-refractivity contribution in [1.29, 1.82) is 0 Å². The Bertz CT molecular complexity index is 292. The first kappa shape index (κ1) is 13.3. The van der Waals surface area contributed by atoms with Gasteiger partial charge in [0.05, 0.1) is 0 Å². The normalized spacial score (nSPS) is 11.5. The van der Waals surface area contributed by atoms with Crippen LogP contribution < -0.4 is 5.46 Å². The molecule has 0 atom stereocenters. The van der Waals surface area contributed by atoms with Crippen LogP contribution in [0.1, 0.15) is 27.7 Å². The zero-order chi connectivity index (χ0) is 12.1. The maximum Gasteiger partial charge on any atom is 0.418 e. The van der Waals surface area contributed by atoms with Crippen molar-refractivity contribution in [3.8, 4) is 0 Å². The van der Waals surface area contributed by atoms with E-state index in [1.165, 1.54) is 5.46 Å². The zero-order valence-electron chi connectivity index (χ0n) is 11.0. The number of nitrogens with zero attached hydrogens (tertiary/aromatic N) is 1. The van der Waals surface area contributed by atoms with Crippen molar-refractivity contribution in [2.75, 3.05) is 7.11 Å². The van der Waals surface area contributed by atoms with E-state index in [4.69, 9.17) is 4.65 Å². The van der Waals surface area contributed by atoms with E-state index < -0.39 is 0 Å². The molecular formula is C13H22BNO. The molecule has 88 valence electrons. The van der Waals surface area contributed by atoms with E-state index >= 15 is 0 Å². The van der Waals surface area contributed by atoms with E-state index in [9.17, 15) is 0 Å². The third-order valence-corrected chi connectivity index (χ3v) is 2.77. The van der Waals surface area contributed by atoms with E-state index in [0.717, 1.165) is 0 Å². The van der Waals surface area contributed by atoms with E-state index in [1.54, 1.807) is 7.11 Å². The van der Waals surface area contributed by atoms with Gasteiger partial charge in [-0.2, -0.15) is 0 Å². The van der Waals surface area contributed by atoms with Crippen molar-refractivity contribution in [3.63, 3.8) is 0 Å². The molecule has 0 unspecified atom stereocenters. The summed E-state index contributed by atoms with van der Waals surface area (Å²) >= 11 is 0. The first-order valence-electron chi connectivity index (χ1n) is 5.93. The molecule has 1 aromatic carbocycles. The van der Waals surface area contributed by atoms with Gasteiger partial charge in [-0.25, -0.2) is 0 Å². The Kier molecular flexibility index (Phi) is 5.03. The molecule has 0 fully saturated rings. The van der Waals surface area contributed by atoms with Crippen LogP contribution >= 0.6 is 0 Å². The maximum atomic E-state index is 5.65. The van der Waals surface area contributed by atoms with Crippen LogP contribution in [-0.2, 0) is 4.65 Å². The summed E-state index contributed by atoms with van der Waals surface area (Å²) < 4.78 is 5.65. The highest BCUT2D eigenvalue weighted by Gasteiger charge is 2.30. The summed E-state index contributed by atoms with van der Waals surface area (Å²) in [5.41, 5.74) is 1.22. The third-order valence-electron chi connectivity index (χ3n) is 2.77. The minimum absolute atomic E-state index is 0.0428. The van der Waals surface area contributed by atoms with Gasteiger partial charge >= 0.3 is 7.05 Å². The van der Waals surface area contributed by atoms with E-state index in [0.29, 0.717) is 12.1 Å². The molecular weight excluding hydrogens is 197 g/mol. The molecule has 0 bridgehead atoms. The minimum atomic E-state index is 0.0428.